The van der Waals surface area contributed by atoms with Crippen molar-refractivity contribution >= 4 is 35.1 Å². The number of amides is 1. The van der Waals surface area contributed by atoms with E-state index >= 15 is 0 Å². The first-order valence-electron chi connectivity index (χ1n) is 7.49. The average molecular weight is 366 g/mol. The lowest BCUT2D eigenvalue weighted by Gasteiger charge is -2.07. The fourth-order valence-electron chi connectivity index (χ4n) is 2.05. The summed E-state index contributed by atoms with van der Waals surface area (Å²) in [7, 11) is 0. The number of nitrogens with one attached hydrogen (secondary N) is 1. The maximum Gasteiger partial charge on any atom is 0.338 e. The SMILES string of the molecule is O=C(COC(=O)c1ccc(Cl)c(Cl)c1)NCCCc1ccccc1. The Bertz CT molecular complexity index is 705. The molecule has 0 aliphatic heterocycles. The second-order valence-corrected chi connectivity index (χ2v) is 5.96. The third-order valence-corrected chi connectivity index (χ3v) is 4.04. The van der Waals surface area contributed by atoms with E-state index in [-0.39, 0.29) is 23.1 Å². The maximum absolute atomic E-state index is 11.8. The third-order valence-electron chi connectivity index (χ3n) is 3.30. The predicted octanol–water partition coefficient (Wildman–Crippen LogP) is 3.90. The minimum atomic E-state index is -0.618. The molecular weight excluding hydrogens is 349 g/mol. The van der Waals surface area contributed by atoms with Gasteiger partial charge in [0.15, 0.2) is 6.61 Å². The van der Waals surface area contributed by atoms with Crippen LogP contribution in [0.4, 0.5) is 0 Å². The van der Waals surface area contributed by atoms with Crippen LogP contribution in [0.1, 0.15) is 22.3 Å². The molecule has 0 aliphatic carbocycles. The highest BCUT2D eigenvalue weighted by atomic mass is 35.5. The summed E-state index contributed by atoms with van der Waals surface area (Å²) in [6.45, 7) is 0.197. The second kappa shape index (κ2) is 9.30. The molecule has 0 radical (unpaired) electrons. The summed E-state index contributed by atoms with van der Waals surface area (Å²) >= 11 is 11.6. The van der Waals surface area contributed by atoms with E-state index < -0.39 is 5.97 Å². The number of carbonyl (C=O) groups excluding carboxylic acids is 2. The Balaban J connectivity index is 1.67. The minimum Gasteiger partial charge on any atom is -0.452 e. The van der Waals surface area contributed by atoms with Crippen molar-refractivity contribution < 1.29 is 14.3 Å². The van der Waals surface area contributed by atoms with Crippen LogP contribution >= 0.6 is 23.2 Å². The van der Waals surface area contributed by atoms with E-state index in [1.165, 1.54) is 23.8 Å². The Hall–Kier alpha value is -2.04. The van der Waals surface area contributed by atoms with Crippen molar-refractivity contribution in [3.05, 3.63) is 69.7 Å². The molecule has 1 amide bonds. The number of benzene rings is 2. The van der Waals surface area contributed by atoms with Crippen LogP contribution in [0, 0.1) is 0 Å². The maximum atomic E-state index is 11.8. The molecule has 2 aromatic rings. The third kappa shape index (κ3) is 5.87. The van der Waals surface area contributed by atoms with Gasteiger partial charge in [-0.05, 0) is 36.6 Å². The van der Waals surface area contributed by atoms with E-state index in [1.54, 1.807) is 0 Å². The number of carbonyl (C=O) groups is 2. The number of hydrogen-bond acceptors (Lipinski definition) is 3. The molecule has 0 spiro atoms. The Kier molecular flexibility index (Phi) is 7.09. The molecule has 2 rings (SSSR count). The summed E-state index contributed by atoms with van der Waals surface area (Å²) in [5.74, 6) is -0.954. The van der Waals surface area contributed by atoms with Gasteiger partial charge in [-0.3, -0.25) is 4.79 Å². The fraction of sp³-hybridized carbons (Fsp3) is 0.222. The molecule has 0 fully saturated rings. The lowest BCUT2D eigenvalue weighted by atomic mass is 10.1. The summed E-state index contributed by atoms with van der Waals surface area (Å²) in [5.41, 5.74) is 1.47. The normalized spacial score (nSPS) is 10.2. The molecule has 0 bridgehead atoms. The number of aryl methyl sites for hydroxylation is 1. The van der Waals surface area contributed by atoms with Crippen molar-refractivity contribution in [2.45, 2.75) is 12.8 Å². The topological polar surface area (TPSA) is 55.4 Å². The van der Waals surface area contributed by atoms with Gasteiger partial charge in [0.1, 0.15) is 0 Å². The van der Waals surface area contributed by atoms with Gasteiger partial charge in [0, 0.05) is 6.54 Å². The van der Waals surface area contributed by atoms with E-state index in [0.717, 1.165) is 12.8 Å². The van der Waals surface area contributed by atoms with Crippen molar-refractivity contribution in [1.82, 2.24) is 5.32 Å². The molecule has 0 atom stereocenters. The quantitative estimate of drug-likeness (QED) is 0.597. The van der Waals surface area contributed by atoms with Crippen molar-refractivity contribution in [2.24, 2.45) is 0 Å². The van der Waals surface area contributed by atoms with E-state index in [4.69, 9.17) is 27.9 Å². The summed E-state index contributed by atoms with van der Waals surface area (Å²) in [5, 5.41) is 3.33. The first-order chi connectivity index (χ1) is 11.6. The fourth-order valence-corrected chi connectivity index (χ4v) is 2.35. The monoisotopic (exact) mass is 365 g/mol. The van der Waals surface area contributed by atoms with Gasteiger partial charge in [-0.15, -0.1) is 0 Å². The summed E-state index contributed by atoms with van der Waals surface area (Å²) in [6, 6.07) is 14.4. The van der Waals surface area contributed by atoms with Gasteiger partial charge in [-0.1, -0.05) is 53.5 Å². The molecule has 0 aromatic heterocycles. The van der Waals surface area contributed by atoms with E-state index in [0.29, 0.717) is 11.6 Å². The zero-order chi connectivity index (χ0) is 17.4. The highest BCUT2D eigenvalue weighted by molar-refractivity contribution is 6.42. The van der Waals surface area contributed by atoms with Gasteiger partial charge in [-0.2, -0.15) is 0 Å². The van der Waals surface area contributed by atoms with E-state index in [9.17, 15) is 9.59 Å². The standard InChI is InChI=1S/C18H17Cl2NO3/c19-15-9-8-14(11-16(15)20)18(23)24-12-17(22)21-10-4-7-13-5-2-1-3-6-13/h1-3,5-6,8-9,11H,4,7,10,12H2,(H,21,22). The van der Waals surface area contributed by atoms with Gasteiger partial charge >= 0.3 is 5.97 Å². The van der Waals surface area contributed by atoms with Crippen LogP contribution in [0.3, 0.4) is 0 Å². The number of ether oxygens (including phenoxy) is 1. The number of halogens is 2. The molecule has 0 unspecified atom stereocenters. The van der Waals surface area contributed by atoms with Crippen LogP contribution in [0.15, 0.2) is 48.5 Å². The van der Waals surface area contributed by atoms with Crippen LogP contribution in [0.25, 0.3) is 0 Å². The lowest BCUT2D eigenvalue weighted by molar-refractivity contribution is -0.124. The molecule has 4 nitrogen and oxygen atoms in total. The second-order valence-electron chi connectivity index (χ2n) is 5.14. The summed E-state index contributed by atoms with van der Waals surface area (Å²) < 4.78 is 4.95. The Morgan fingerprint density at radius 1 is 1.00 bits per heavy atom. The van der Waals surface area contributed by atoms with Crippen LogP contribution in [-0.2, 0) is 16.0 Å². The van der Waals surface area contributed by atoms with Gasteiger partial charge in [-0.25, -0.2) is 4.79 Å². The van der Waals surface area contributed by atoms with Crippen molar-refractivity contribution in [2.75, 3.05) is 13.2 Å². The van der Waals surface area contributed by atoms with Crippen molar-refractivity contribution in [3.63, 3.8) is 0 Å². The zero-order valence-corrected chi connectivity index (χ0v) is 14.4. The Morgan fingerprint density at radius 3 is 2.46 bits per heavy atom. The summed E-state index contributed by atoms with van der Waals surface area (Å²) in [6.07, 6.45) is 1.70. The minimum absolute atomic E-state index is 0.251. The van der Waals surface area contributed by atoms with Gasteiger partial charge < -0.3 is 10.1 Å². The number of rotatable bonds is 7. The van der Waals surface area contributed by atoms with Crippen LogP contribution < -0.4 is 5.32 Å². The molecule has 0 saturated heterocycles. The van der Waals surface area contributed by atoms with Gasteiger partial charge in [0.05, 0.1) is 15.6 Å². The van der Waals surface area contributed by atoms with Crippen LogP contribution in [0.5, 0.6) is 0 Å². The van der Waals surface area contributed by atoms with Gasteiger partial charge in [0.2, 0.25) is 0 Å². The molecule has 2 aromatic carbocycles. The van der Waals surface area contributed by atoms with Crippen LogP contribution in [-0.4, -0.2) is 25.0 Å². The molecule has 0 heterocycles. The predicted molar refractivity (Wildman–Crippen MR) is 94.5 cm³/mol. The molecule has 1 N–H and O–H groups in total. The largest absolute Gasteiger partial charge is 0.452 e. The number of esters is 1. The Labute approximate surface area is 150 Å². The molecule has 6 heteroatoms. The highest BCUT2D eigenvalue weighted by Gasteiger charge is 2.11. The Morgan fingerprint density at radius 2 is 1.75 bits per heavy atom. The van der Waals surface area contributed by atoms with E-state index in [2.05, 4.69) is 5.32 Å². The number of hydrogen-bond donors (Lipinski definition) is 1. The van der Waals surface area contributed by atoms with Crippen molar-refractivity contribution in [3.8, 4) is 0 Å². The zero-order valence-electron chi connectivity index (χ0n) is 12.9. The smallest absolute Gasteiger partial charge is 0.338 e. The summed E-state index contributed by atoms with van der Waals surface area (Å²) in [4.78, 5) is 23.5. The van der Waals surface area contributed by atoms with E-state index in [1.807, 2.05) is 30.3 Å². The molecule has 24 heavy (non-hydrogen) atoms. The van der Waals surface area contributed by atoms with Gasteiger partial charge in [0.25, 0.3) is 5.91 Å². The highest BCUT2D eigenvalue weighted by Crippen LogP contribution is 2.22. The average Bonchev–Trinajstić information content (AvgIpc) is 2.60. The lowest BCUT2D eigenvalue weighted by Crippen LogP contribution is -2.29. The molecule has 0 saturated carbocycles. The van der Waals surface area contributed by atoms with Crippen LogP contribution in [0.2, 0.25) is 10.0 Å². The molecular formula is C18H17Cl2NO3. The van der Waals surface area contributed by atoms with Crippen molar-refractivity contribution in [1.29, 1.82) is 0 Å². The first-order valence-corrected chi connectivity index (χ1v) is 8.24. The molecule has 0 aliphatic rings. The molecule has 126 valence electrons. The first kappa shape index (κ1) is 18.3.